The largest absolute Gasteiger partial charge is 0.451 e. The molecule has 2 rings (SSSR count). The van der Waals surface area contributed by atoms with Gasteiger partial charge in [0.2, 0.25) is 0 Å². The van der Waals surface area contributed by atoms with Gasteiger partial charge in [0.1, 0.15) is 5.69 Å². The summed E-state index contributed by atoms with van der Waals surface area (Å²) in [6.07, 6.45) is 1.97. The third-order valence-electron chi connectivity index (χ3n) is 3.88. The van der Waals surface area contributed by atoms with Crippen LogP contribution in [-0.4, -0.2) is 48.5 Å². The van der Waals surface area contributed by atoms with Crippen molar-refractivity contribution < 1.29 is 23.9 Å². The second-order valence-corrected chi connectivity index (χ2v) is 5.70. The molecule has 0 saturated carbocycles. The van der Waals surface area contributed by atoms with Gasteiger partial charge in [-0.25, -0.2) is 4.79 Å². The zero-order valence-corrected chi connectivity index (χ0v) is 13.7. The molecular weight excluding hydrogens is 300 g/mol. The molecule has 1 aliphatic rings. The van der Waals surface area contributed by atoms with Gasteiger partial charge >= 0.3 is 5.97 Å². The van der Waals surface area contributed by atoms with Crippen molar-refractivity contribution >= 4 is 17.7 Å². The predicted octanol–water partition coefficient (Wildman–Crippen LogP) is 1.29. The van der Waals surface area contributed by atoms with Crippen molar-refractivity contribution in [3.8, 4) is 0 Å². The first-order chi connectivity index (χ1) is 10.9. The van der Waals surface area contributed by atoms with Gasteiger partial charge < -0.3 is 19.8 Å². The molecule has 1 amide bonds. The van der Waals surface area contributed by atoms with Gasteiger partial charge in [-0.1, -0.05) is 0 Å². The van der Waals surface area contributed by atoms with Gasteiger partial charge in [-0.2, -0.15) is 0 Å². The number of ether oxygens (including phenoxy) is 2. The molecule has 0 aliphatic carbocycles. The molecule has 7 nitrogen and oxygen atoms in total. The minimum atomic E-state index is -0.648. The van der Waals surface area contributed by atoms with Crippen LogP contribution in [-0.2, 0) is 14.3 Å². The number of aryl methyl sites for hydroxylation is 1. The Morgan fingerprint density at radius 3 is 2.65 bits per heavy atom. The number of carbonyl (C=O) groups excluding carboxylic acids is 3. The average Bonchev–Trinajstić information content (AvgIpc) is 3.10. The Labute approximate surface area is 134 Å². The van der Waals surface area contributed by atoms with Gasteiger partial charge in [0.05, 0.1) is 6.10 Å². The highest BCUT2D eigenvalue weighted by Crippen LogP contribution is 2.19. The first kappa shape index (κ1) is 17.2. The first-order valence-electron chi connectivity index (χ1n) is 7.65. The number of nitrogens with one attached hydrogen (secondary N) is 2. The number of hydrogen-bond donors (Lipinski definition) is 2. The Kier molecular flexibility index (Phi) is 5.54. The highest BCUT2D eigenvalue weighted by atomic mass is 16.5. The summed E-state index contributed by atoms with van der Waals surface area (Å²) in [6, 6.07) is 0. The summed E-state index contributed by atoms with van der Waals surface area (Å²) in [4.78, 5) is 38.1. The van der Waals surface area contributed by atoms with Crippen molar-refractivity contribution in [3.63, 3.8) is 0 Å². The minimum absolute atomic E-state index is 0.0427. The zero-order chi connectivity index (χ0) is 17.0. The van der Waals surface area contributed by atoms with Crippen LogP contribution in [0.25, 0.3) is 0 Å². The lowest BCUT2D eigenvalue weighted by atomic mass is 10.1. The van der Waals surface area contributed by atoms with Crippen molar-refractivity contribution in [2.45, 2.75) is 39.7 Å². The lowest BCUT2D eigenvalue weighted by Gasteiger charge is -2.10. The van der Waals surface area contributed by atoms with Crippen LogP contribution in [0.3, 0.4) is 0 Å². The fourth-order valence-corrected chi connectivity index (χ4v) is 2.77. The zero-order valence-electron chi connectivity index (χ0n) is 13.7. The molecule has 2 heterocycles. The van der Waals surface area contributed by atoms with Crippen molar-refractivity contribution in [1.82, 2.24) is 10.3 Å². The van der Waals surface area contributed by atoms with Crippen LogP contribution >= 0.6 is 0 Å². The third-order valence-corrected chi connectivity index (χ3v) is 3.88. The lowest BCUT2D eigenvalue weighted by Crippen LogP contribution is -2.34. The number of carbonyl (C=O) groups is 3. The lowest BCUT2D eigenvalue weighted by molar-refractivity contribution is -0.124. The van der Waals surface area contributed by atoms with E-state index < -0.39 is 5.97 Å². The fourth-order valence-electron chi connectivity index (χ4n) is 2.77. The summed E-state index contributed by atoms with van der Waals surface area (Å²) in [7, 11) is 0. The van der Waals surface area contributed by atoms with E-state index in [9.17, 15) is 14.4 Å². The Morgan fingerprint density at radius 1 is 1.35 bits per heavy atom. The van der Waals surface area contributed by atoms with Crippen molar-refractivity contribution in [2.24, 2.45) is 0 Å². The molecule has 1 fully saturated rings. The summed E-state index contributed by atoms with van der Waals surface area (Å²) < 4.78 is 10.4. The second kappa shape index (κ2) is 7.41. The molecule has 7 heteroatoms. The first-order valence-corrected chi connectivity index (χ1v) is 7.65. The molecule has 2 N–H and O–H groups in total. The number of aromatic amines is 1. The number of ketones is 1. The van der Waals surface area contributed by atoms with Gasteiger partial charge in [-0.05, 0) is 39.2 Å². The minimum Gasteiger partial charge on any atom is -0.451 e. The molecule has 126 valence electrons. The number of amides is 1. The quantitative estimate of drug-likeness (QED) is 0.607. The molecule has 1 aromatic rings. The maximum Gasteiger partial charge on any atom is 0.355 e. The van der Waals surface area contributed by atoms with Gasteiger partial charge in [0, 0.05) is 24.4 Å². The standard InChI is InChI=1S/C16H22N2O5/c1-9-14(11(3)19)10(2)18-15(9)16(21)23-8-13(20)17-7-12-5-4-6-22-12/h12,18H,4-8H2,1-3H3,(H,17,20)/t12-/m1/s1. The molecule has 0 radical (unpaired) electrons. The van der Waals surface area contributed by atoms with Crippen molar-refractivity contribution in [2.75, 3.05) is 19.8 Å². The predicted molar refractivity (Wildman–Crippen MR) is 82.5 cm³/mol. The summed E-state index contributed by atoms with van der Waals surface area (Å²) in [5.74, 6) is -1.14. The van der Waals surface area contributed by atoms with Crippen LogP contribution in [0.15, 0.2) is 0 Å². The molecule has 23 heavy (non-hydrogen) atoms. The fraction of sp³-hybridized carbons (Fsp3) is 0.562. The van der Waals surface area contributed by atoms with Crippen LogP contribution in [0, 0.1) is 13.8 Å². The van der Waals surface area contributed by atoms with Crippen LogP contribution in [0.2, 0.25) is 0 Å². The second-order valence-electron chi connectivity index (χ2n) is 5.70. The number of hydrogen-bond acceptors (Lipinski definition) is 5. The Morgan fingerprint density at radius 2 is 2.09 bits per heavy atom. The molecule has 1 atom stereocenters. The van der Waals surface area contributed by atoms with E-state index in [0.29, 0.717) is 23.4 Å². The summed E-state index contributed by atoms with van der Waals surface area (Å²) in [5, 5.41) is 2.68. The smallest absolute Gasteiger partial charge is 0.355 e. The Balaban J connectivity index is 1.86. The van der Waals surface area contributed by atoms with E-state index in [1.54, 1.807) is 13.8 Å². The average molecular weight is 322 g/mol. The number of esters is 1. The monoisotopic (exact) mass is 322 g/mol. The van der Waals surface area contributed by atoms with Gasteiger partial charge in [0.15, 0.2) is 12.4 Å². The number of aromatic nitrogens is 1. The summed E-state index contributed by atoms with van der Waals surface area (Å²) in [6.45, 7) is 5.61. The maximum atomic E-state index is 12.0. The van der Waals surface area contributed by atoms with Crippen LogP contribution in [0.4, 0.5) is 0 Å². The van der Waals surface area contributed by atoms with E-state index in [-0.39, 0.29) is 30.1 Å². The molecule has 1 aromatic heterocycles. The van der Waals surface area contributed by atoms with E-state index in [1.165, 1.54) is 6.92 Å². The van der Waals surface area contributed by atoms with E-state index in [4.69, 9.17) is 9.47 Å². The third kappa shape index (κ3) is 4.19. The highest BCUT2D eigenvalue weighted by Gasteiger charge is 2.22. The van der Waals surface area contributed by atoms with E-state index in [2.05, 4.69) is 10.3 Å². The number of Topliss-reactive ketones (excluding diaryl/α,β-unsaturated/α-hetero) is 1. The normalized spacial score (nSPS) is 17.1. The van der Waals surface area contributed by atoms with Crippen LogP contribution < -0.4 is 5.32 Å². The van der Waals surface area contributed by atoms with Gasteiger partial charge in [0.25, 0.3) is 5.91 Å². The molecular formula is C16H22N2O5. The molecule has 0 bridgehead atoms. The highest BCUT2D eigenvalue weighted by molar-refractivity contribution is 6.01. The van der Waals surface area contributed by atoms with E-state index in [1.807, 2.05) is 0 Å². The van der Waals surface area contributed by atoms with Gasteiger partial charge in [-0.15, -0.1) is 0 Å². The van der Waals surface area contributed by atoms with Crippen molar-refractivity contribution in [1.29, 1.82) is 0 Å². The molecule has 0 unspecified atom stereocenters. The van der Waals surface area contributed by atoms with Crippen LogP contribution in [0.1, 0.15) is 51.9 Å². The molecule has 1 aliphatic heterocycles. The van der Waals surface area contributed by atoms with E-state index in [0.717, 1.165) is 19.4 Å². The summed E-state index contributed by atoms with van der Waals surface area (Å²) in [5.41, 5.74) is 1.85. The SMILES string of the molecule is CC(=O)c1c(C)[nH]c(C(=O)OCC(=O)NC[C@H]2CCCO2)c1C. The Hall–Kier alpha value is -2.15. The number of H-pyrrole nitrogens is 1. The molecule has 1 saturated heterocycles. The molecule has 0 spiro atoms. The topological polar surface area (TPSA) is 97.5 Å². The van der Waals surface area contributed by atoms with Crippen LogP contribution in [0.5, 0.6) is 0 Å². The maximum absolute atomic E-state index is 12.0. The Bertz CT molecular complexity index is 614. The number of rotatable bonds is 6. The summed E-state index contributed by atoms with van der Waals surface area (Å²) >= 11 is 0. The molecule has 0 aromatic carbocycles. The van der Waals surface area contributed by atoms with Gasteiger partial charge in [-0.3, -0.25) is 9.59 Å². The van der Waals surface area contributed by atoms with E-state index >= 15 is 0 Å². The van der Waals surface area contributed by atoms with Crippen molar-refractivity contribution in [3.05, 3.63) is 22.5 Å².